The monoisotopic (exact) mass is 427 g/mol. The van der Waals surface area contributed by atoms with Crippen molar-refractivity contribution in [3.8, 4) is 0 Å². The summed E-state index contributed by atoms with van der Waals surface area (Å²) in [7, 11) is 0. The molecule has 0 aromatic carbocycles. The number of nitrogens with zero attached hydrogens (tertiary/aromatic N) is 1. The number of allylic oxidation sites excluding steroid dienone is 2. The summed E-state index contributed by atoms with van der Waals surface area (Å²) < 4.78 is 164. The Hall–Kier alpha value is -1.80. The van der Waals surface area contributed by atoms with E-state index >= 15 is 0 Å². The Kier molecular flexibility index (Phi) is 5.74. The molecule has 1 saturated heterocycles. The number of halogens is 12. The second kappa shape index (κ2) is 6.67. The maximum atomic E-state index is 13.9. The van der Waals surface area contributed by atoms with Gasteiger partial charge in [0.05, 0.1) is 0 Å². The predicted molar refractivity (Wildman–Crippen MR) is 62.3 cm³/mol. The lowest BCUT2D eigenvalue weighted by molar-refractivity contribution is -0.559. The number of morpholine rings is 1. The minimum absolute atomic E-state index is 0.247. The van der Waals surface area contributed by atoms with Crippen LogP contribution in [0.3, 0.4) is 0 Å². The molecule has 0 aliphatic carbocycles. The number of alkyl halides is 11. The van der Waals surface area contributed by atoms with Gasteiger partial charge in [-0.15, -0.1) is 0 Å². The highest BCUT2D eigenvalue weighted by Gasteiger charge is 2.84. The lowest BCUT2D eigenvalue weighted by Crippen LogP contribution is -2.73. The molecule has 0 radical (unpaired) electrons. The van der Waals surface area contributed by atoms with Crippen LogP contribution >= 0.6 is 0 Å². The summed E-state index contributed by atoms with van der Waals surface area (Å²) in [6, 6.07) is -13.3. The van der Waals surface area contributed by atoms with E-state index in [4.69, 9.17) is 0 Å². The van der Waals surface area contributed by atoms with Crippen LogP contribution in [0.4, 0.5) is 52.7 Å². The molecule has 0 saturated carbocycles. The van der Waals surface area contributed by atoms with Crippen LogP contribution in [0.1, 0.15) is 13.8 Å². The molecule has 0 atom stereocenters. The zero-order valence-electron chi connectivity index (χ0n) is 13.1. The molecule has 1 rings (SSSR count). The fourth-order valence-corrected chi connectivity index (χ4v) is 1.62. The highest BCUT2D eigenvalue weighted by Crippen LogP contribution is 2.57. The van der Waals surface area contributed by atoms with Crippen molar-refractivity contribution in [2.45, 2.75) is 44.3 Å². The van der Waals surface area contributed by atoms with Gasteiger partial charge in [0.1, 0.15) is 6.61 Å². The van der Waals surface area contributed by atoms with Gasteiger partial charge >= 0.3 is 30.5 Å². The highest BCUT2D eigenvalue weighted by molar-refractivity contribution is 5.13. The molecule has 15 heteroatoms. The van der Waals surface area contributed by atoms with E-state index in [9.17, 15) is 52.7 Å². The summed E-state index contributed by atoms with van der Waals surface area (Å²) >= 11 is 0. The summed E-state index contributed by atoms with van der Waals surface area (Å²) in [5, 5.41) is 0. The summed E-state index contributed by atoms with van der Waals surface area (Å²) in [6.45, 7) is 1.36. The van der Waals surface area contributed by atoms with Crippen LogP contribution < -0.4 is 0 Å². The molecule has 1 fully saturated rings. The van der Waals surface area contributed by atoms with Gasteiger partial charge in [0.2, 0.25) is 5.95 Å². The topological polar surface area (TPSA) is 21.7 Å². The number of ether oxygens (including phenoxy) is 2. The summed E-state index contributed by atoms with van der Waals surface area (Å²) in [6.07, 6.45) is -18.3. The van der Waals surface area contributed by atoms with Crippen molar-refractivity contribution < 1.29 is 62.2 Å². The molecule has 27 heavy (non-hydrogen) atoms. The largest absolute Gasteiger partial charge is 0.482 e. The normalized spacial score (nSPS) is 24.1. The van der Waals surface area contributed by atoms with Crippen molar-refractivity contribution in [2.24, 2.45) is 0 Å². The Balaban J connectivity index is 3.64. The highest BCUT2D eigenvalue weighted by atomic mass is 19.4. The predicted octanol–water partition coefficient (Wildman–Crippen LogP) is 5.37. The van der Waals surface area contributed by atoms with Gasteiger partial charge in [0.15, 0.2) is 0 Å². The minimum atomic E-state index is -6.64. The molecule has 1 aliphatic heterocycles. The van der Waals surface area contributed by atoms with Crippen molar-refractivity contribution in [1.82, 2.24) is 4.90 Å². The second-order valence-electron chi connectivity index (χ2n) is 5.26. The standard InChI is InChI=1S/C12H9F12NO2/c1-5(2)3-4-26-6(8(14,15)16)7(13)25-9(17,18)11(21,22)27-12(23,24)10(25,19)20/h3H,4H2,1-2H3/b7-6-. The Bertz CT molecular complexity index is 607. The molecule has 0 spiro atoms. The van der Waals surface area contributed by atoms with Crippen LogP contribution in [-0.4, -0.2) is 42.0 Å². The molecule has 0 bridgehead atoms. The van der Waals surface area contributed by atoms with Gasteiger partial charge in [0, 0.05) is 0 Å². The molecular weight excluding hydrogens is 418 g/mol. The number of rotatable bonds is 4. The molecular formula is C12H9F12NO2. The third-order valence-corrected chi connectivity index (χ3v) is 2.88. The lowest BCUT2D eigenvalue weighted by Gasteiger charge is -2.47. The van der Waals surface area contributed by atoms with Crippen molar-refractivity contribution in [3.05, 3.63) is 23.4 Å². The van der Waals surface area contributed by atoms with Gasteiger partial charge in [0.25, 0.3) is 5.76 Å². The Labute approximate surface area is 142 Å². The van der Waals surface area contributed by atoms with Crippen molar-refractivity contribution in [2.75, 3.05) is 6.61 Å². The van der Waals surface area contributed by atoms with E-state index in [2.05, 4.69) is 4.74 Å². The first-order chi connectivity index (χ1) is 11.8. The molecule has 0 aromatic heterocycles. The van der Waals surface area contributed by atoms with Gasteiger partial charge < -0.3 is 4.74 Å². The fraction of sp³-hybridized carbons (Fsp3) is 0.667. The quantitative estimate of drug-likeness (QED) is 0.261. The van der Waals surface area contributed by atoms with Crippen LogP contribution in [-0.2, 0) is 9.47 Å². The lowest BCUT2D eigenvalue weighted by atomic mass is 10.2. The van der Waals surface area contributed by atoms with E-state index in [0.29, 0.717) is 0 Å². The van der Waals surface area contributed by atoms with Crippen molar-refractivity contribution in [3.63, 3.8) is 0 Å². The van der Waals surface area contributed by atoms with Gasteiger partial charge in [-0.05, 0) is 19.9 Å². The van der Waals surface area contributed by atoms with Gasteiger partial charge in [-0.1, -0.05) is 5.57 Å². The molecule has 3 nitrogen and oxygen atoms in total. The van der Waals surface area contributed by atoms with E-state index in [1.165, 1.54) is 13.8 Å². The summed E-state index contributed by atoms with van der Waals surface area (Å²) in [5.41, 5.74) is 0.247. The smallest absolute Gasteiger partial charge is 0.453 e. The van der Waals surface area contributed by atoms with Crippen LogP contribution in [0.5, 0.6) is 0 Å². The number of hydrogen-bond donors (Lipinski definition) is 0. The van der Waals surface area contributed by atoms with Crippen LogP contribution in [0.15, 0.2) is 23.4 Å². The Morgan fingerprint density at radius 2 is 1.33 bits per heavy atom. The minimum Gasteiger partial charge on any atom is -0.482 e. The first-order valence-corrected chi connectivity index (χ1v) is 6.54. The molecule has 158 valence electrons. The first-order valence-electron chi connectivity index (χ1n) is 6.54. The van der Waals surface area contributed by atoms with E-state index in [0.717, 1.165) is 6.08 Å². The Morgan fingerprint density at radius 1 is 0.926 bits per heavy atom. The molecule has 1 heterocycles. The average molecular weight is 427 g/mol. The van der Waals surface area contributed by atoms with Gasteiger partial charge in [-0.3, -0.25) is 0 Å². The van der Waals surface area contributed by atoms with Crippen LogP contribution in [0, 0.1) is 0 Å². The fourth-order valence-electron chi connectivity index (χ4n) is 1.62. The first kappa shape index (κ1) is 23.2. The molecule has 0 unspecified atom stereocenters. The van der Waals surface area contributed by atoms with E-state index in [1.54, 1.807) is 0 Å². The zero-order chi connectivity index (χ0) is 21.6. The maximum absolute atomic E-state index is 13.9. The van der Waals surface area contributed by atoms with Crippen molar-refractivity contribution in [1.29, 1.82) is 0 Å². The van der Waals surface area contributed by atoms with E-state index in [-0.39, 0.29) is 5.57 Å². The van der Waals surface area contributed by atoms with Crippen LogP contribution in [0.2, 0.25) is 0 Å². The second-order valence-corrected chi connectivity index (χ2v) is 5.26. The third-order valence-electron chi connectivity index (χ3n) is 2.88. The zero-order valence-corrected chi connectivity index (χ0v) is 13.1. The summed E-state index contributed by atoms with van der Waals surface area (Å²) in [4.78, 5) is -3.01. The molecule has 0 aromatic rings. The third kappa shape index (κ3) is 4.06. The summed E-state index contributed by atoms with van der Waals surface area (Å²) in [5.74, 6) is -7.13. The van der Waals surface area contributed by atoms with Crippen LogP contribution in [0.25, 0.3) is 0 Å². The molecule has 0 amide bonds. The number of hydrogen-bond acceptors (Lipinski definition) is 3. The van der Waals surface area contributed by atoms with Gasteiger partial charge in [-0.25, -0.2) is 9.64 Å². The van der Waals surface area contributed by atoms with Gasteiger partial charge in [-0.2, -0.15) is 52.7 Å². The molecule has 1 aliphatic rings. The van der Waals surface area contributed by atoms with E-state index in [1.807, 2.05) is 4.74 Å². The molecule has 0 N–H and O–H groups in total. The van der Waals surface area contributed by atoms with Crippen molar-refractivity contribution >= 4 is 0 Å². The SMILES string of the molecule is CC(C)=CCO/C(=C(/F)N1C(F)(F)C(F)(F)OC(F)(F)C1(F)F)C(F)(F)F. The maximum Gasteiger partial charge on any atom is 0.453 e. The van der Waals surface area contributed by atoms with E-state index < -0.39 is 53.7 Å². The average Bonchev–Trinajstić information content (AvgIpc) is 2.38. The Morgan fingerprint density at radius 3 is 1.67 bits per heavy atom.